The molecule has 136 valence electrons. The van der Waals surface area contributed by atoms with Gasteiger partial charge in [0.1, 0.15) is 18.1 Å². The third-order valence-corrected chi connectivity index (χ3v) is 4.29. The van der Waals surface area contributed by atoms with Crippen LogP contribution in [0.5, 0.6) is 11.5 Å². The van der Waals surface area contributed by atoms with Gasteiger partial charge >= 0.3 is 0 Å². The van der Waals surface area contributed by atoms with E-state index in [9.17, 15) is 9.59 Å². The summed E-state index contributed by atoms with van der Waals surface area (Å²) >= 11 is 0. The average molecular weight is 354 g/mol. The monoisotopic (exact) mass is 354 g/mol. The number of para-hydroxylation sites is 3. The van der Waals surface area contributed by atoms with Crippen LogP contribution in [0.1, 0.15) is 6.42 Å². The molecular formula is C20H22N2O4. The molecule has 2 aromatic rings. The lowest BCUT2D eigenvalue weighted by atomic mass is 10.1. The Hall–Kier alpha value is -3.02. The van der Waals surface area contributed by atoms with Gasteiger partial charge in [0.15, 0.2) is 0 Å². The largest absolute Gasteiger partial charge is 0.495 e. The Morgan fingerprint density at radius 3 is 2.65 bits per heavy atom. The Balaban J connectivity index is 1.51. The Kier molecular flexibility index (Phi) is 5.73. The zero-order valence-corrected chi connectivity index (χ0v) is 14.7. The van der Waals surface area contributed by atoms with E-state index in [0.29, 0.717) is 31.1 Å². The predicted molar refractivity (Wildman–Crippen MR) is 98.4 cm³/mol. The molecule has 2 aromatic carbocycles. The van der Waals surface area contributed by atoms with E-state index in [2.05, 4.69) is 5.32 Å². The van der Waals surface area contributed by atoms with Crippen molar-refractivity contribution in [1.82, 2.24) is 5.32 Å². The molecular weight excluding hydrogens is 332 g/mol. The second-order valence-corrected chi connectivity index (χ2v) is 6.03. The maximum absolute atomic E-state index is 12.4. The molecule has 0 bridgehead atoms. The fourth-order valence-electron chi connectivity index (χ4n) is 2.97. The molecule has 1 unspecified atom stereocenters. The SMILES string of the molecule is COc1ccccc1N1CC(C(=O)NCCOc2ccccc2)CC1=O. The Morgan fingerprint density at radius 1 is 1.15 bits per heavy atom. The number of rotatable bonds is 7. The second kappa shape index (κ2) is 8.38. The fraction of sp³-hybridized carbons (Fsp3) is 0.300. The Labute approximate surface area is 152 Å². The number of benzene rings is 2. The van der Waals surface area contributed by atoms with Crippen LogP contribution in [-0.2, 0) is 9.59 Å². The zero-order chi connectivity index (χ0) is 18.4. The highest BCUT2D eigenvalue weighted by Crippen LogP contribution is 2.32. The first-order chi connectivity index (χ1) is 12.7. The van der Waals surface area contributed by atoms with Crippen LogP contribution in [0.15, 0.2) is 54.6 Å². The van der Waals surface area contributed by atoms with Crippen LogP contribution >= 0.6 is 0 Å². The number of nitrogens with zero attached hydrogens (tertiary/aromatic N) is 1. The average Bonchev–Trinajstić information content (AvgIpc) is 3.07. The van der Waals surface area contributed by atoms with Crippen LogP contribution in [0, 0.1) is 5.92 Å². The van der Waals surface area contributed by atoms with Crippen LogP contribution in [0.2, 0.25) is 0 Å². The second-order valence-electron chi connectivity index (χ2n) is 6.03. The molecule has 1 atom stereocenters. The molecule has 6 nitrogen and oxygen atoms in total. The minimum Gasteiger partial charge on any atom is -0.495 e. The fourth-order valence-corrected chi connectivity index (χ4v) is 2.97. The van der Waals surface area contributed by atoms with Crippen LogP contribution in [0.3, 0.4) is 0 Å². The van der Waals surface area contributed by atoms with Crippen LogP contribution < -0.4 is 19.7 Å². The molecule has 2 amide bonds. The third-order valence-electron chi connectivity index (χ3n) is 4.29. The Bertz CT molecular complexity index is 763. The van der Waals surface area contributed by atoms with Gasteiger partial charge in [0, 0.05) is 13.0 Å². The van der Waals surface area contributed by atoms with Crippen molar-refractivity contribution in [3.63, 3.8) is 0 Å². The van der Waals surface area contributed by atoms with Crippen molar-refractivity contribution in [3.8, 4) is 11.5 Å². The van der Waals surface area contributed by atoms with Gasteiger partial charge in [-0.2, -0.15) is 0 Å². The highest BCUT2D eigenvalue weighted by molar-refractivity contribution is 6.01. The summed E-state index contributed by atoms with van der Waals surface area (Å²) in [6.45, 7) is 1.13. The van der Waals surface area contributed by atoms with Crippen molar-refractivity contribution in [2.45, 2.75) is 6.42 Å². The van der Waals surface area contributed by atoms with Gasteiger partial charge in [0.05, 0.1) is 25.3 Å². The maximum Gasteiger partial charge on any atom is 0.227 e. The van der Waals surface area contributed by atoms with Crippen molar-refractivity contribution in [3.05, 3.63) is 54.6 Å². The lowest BCUT2D eigenvalue weighted by Crippen LogP contribution is -2.35. The summed E-state index contributed by atoms with van der Waals surface area (Å²) in [5.74, 6) is 0.810. The topological polar surface area (TPSA) is 67.9 Å². The first-order valence-corrected chi connectivity index (χ1v) is 8.58. The molecule has 0 aliphatic carbocycles. The van der Waals surface area contributed by atoms with Crippen molar-refractivity contribution in [2.24, 2.45) is 5.92 Å². The van der Waals surface area contributed by atoms with Gasteiger partial charge in [0.2, 0.25) is 11.8 Å². The maximum atomic E-state index is 12.4. The molecule has 1 fully saturated rings. The smallest absolute Gasteiger partial charge is 0.227 e. The van der Waals surface area contributed by atoms with E-state index in [1.807, 2.05) is 48.5 Å². The number of carbonyl (C=O) groups is 2. The first kappa shape index (κ1) is 17.8. The number of methoxy groups -OCH3 is 1. The molecule has 1 aliphatic rings. The molecule has 1 N–H and O–H groups in total. The summed E-state index contributed by atoms with van der Waals surface area (Å²) < 4.78 is 10.9. The summed E-state index contributed by atoms with van der Waals surface area (Å²) in [7, 11) is 1.57. The van der Waals surface area contributed by atoms with Gasteiger partial charge in [-0.25, -0.2) is 0 Å². The highest BCUT2D eigenvalue weighted by Gasteiger charge is 2.36. The molecule has 1 saturated heterocycles. The van der Waals surface area contributed by atoms with Crippen LogP contribution in [-0.4, -0.2) is 38.6 Å². The number of hydrogen-bond donors (Lipinski definition) is 1. The molecule has 1 aliphatic heterocycles. The summed E-state index contributed by atoms with van der Waals surface area (Å²) in [5, 5.41) is 2.84. The molecule has 0 spiro atoms. The number of anilines is 1. The number of carbonyl (C=O) groups excluding carboxylic acids is 2. The van der Waals surface area contributed by atoms with Crippen LogP contribution in [0.4, 0.5) is 5.69 Å². The zero-order valence-electron chi connectivity index (χ0n) is 14.7. The van der Waals surface area contributed by atoms with Gasteiger partial charge in [-0.3, -0.25) is 9.59 Å². The quantitative estimate of drug-likeness (QED) is 0.775. The number of hydrogen-bond acceptors (Lipinski definition) is 4. The van der Waals surface area contributed by atoms with E-state index >= 15 is 0 Å². The summed E-state index contributed by atoms with van der Waals surface area (Å²) in [6.07, 6.45) is 0.198. The molecule has 1 heterocycles. The number of ether oxygens (including phenoxy) is 2. The van der Waals surface area contributed by atoms with E-state index in [0.717, 1.165) is 5.75 Å². The van der Waals surface area contributed by atoms with Crippen molar-refractivity contribution < 1.29 is 19.1 Å². The van der Waals surface area contributed by atoms with Crippen molar-refractivity contribution >= 4 is 17.5 Å². The number of nitrogens with one attached hydrogen (secondary N) is 1. The van der Waals surface area contributed by atoms with E-state index < -0.39 is 0 Å². The van der Waals surface area contributed by atoms with E-state index in [1.165, 1.54) is 0 Å². The van der Waals surface area contributed by atoms with Gasteiger partial charge in [-0.15, -0.1) is 0 Å². The molecule has 0 aromatic heterocycles. The third kappa shape index (κ3) is 4.14. The van der Waals surface area contributed by atoms with Crippen molar-refractivity contribution in [2.75, 3.05) is 31.7 Å². The van der Waals surface area contributed by atoms with Gasteiger partial charge in [0.25, 0.3) is 0 Å². The van der Waals surface area contributed by atoms with Gasteiger partial charge in [-0.1, -0.05) is 30.3 Å². The summed E-state index contributed by atoms with van der Waals surface area (Å²) in [4.78, 5) is 26.3. The standard InChI is InChI=1S/C20H22N2O4/c1-25-18-10-6-5-9-17(18)22-14-15(13-19(22)23)20(24)21-11-12-26-16-7-3-2-4-8-16/h2-10,15H,11-14H2,1H3,(H,21,24). The highest BCUT2D eigenvalue weighted by atomic mass is 16.5. The van der Waals surface area contributed by atoms with Gasteiger partial charge in [-0.05, 0) is 24.3 Å². The first-order valence-electron chi connectivity index (χ1n) is 8.58. The molecule has 26 heavy (non-hydrogen) atoms. The normalized spacial score (nSPS) is 16.4. The predicted octanol–water partition coefficient (Wildman–Crippen LogP) is 2.24. The molecule has 0 radical (unpaired) electrons. The van der Waals surface area contributed by atoms with Crippen molar-refractivity contribution in [1.29, 1.82) is 0 Å². The van der Waals surface area contributed by atoms with E-state index in [1.54, 1.807) is 18.1 Å². The van der Waals surface area contributed by atoms with Gasteiger partial charge < -0.3 is 19.7 Å². The lowest BCUT2D eigenvalue weighted by molar-refractivity contribution is -0.126. The van der Waals surface area contributed by atoms with E-state index in [4.69, 9.17) is 9.47 Å². The lowest BCUT2D eigenvalue weighted by Gasteiger charge is -2.19. The number of amides is 2. The summed E-state index contributed by atoms with van der Waals surface area (Å²) in [5.41, 5.74) is 0.697. The minimum absolute atomic E-state index is 0.0739. The molecule has 0 saturated carbocycles. The Morgan fingerprint density at radius 2 is 1.88 bits per heavy atom. The van der Waals surface area contributed by atoms with E-state index in [-0.39, 0.29) is 24.2 Å². The molecule has 3 rings (SSSR count). The van der Waals surface area contributed by atoms with Crippen LogP contribution in [0.25, 0.3) is 0 Å². The summed E-state index contributed by atoms with van der Waals surface area (Å²) in [6, 6.07) is 16.8. The minimum atomic E-state index is -0.371. The molecule has 6 heteroatoms.